The fraction of sp³-hybridized carbons (Fsp3) is 0.529. The summed E-state index contributed by atoms with van der Waals surface area (Å²) in [5.41, 5.74) is 3.63. The van der Waals surface area contributed by atoms with Crippen molar-refractivity contribution in [3.05, 3.63) is 35.8 Å². The van der Waals surface area contributed by atoms with Crippen LogP contribution in [0.1, 0.15) is 50.8 Å². The van der Waals surface area contributed by atoms with Crippen molar-refractivity contribution in [2.75, 3.05) is 0 Å². The van der Waals surface area contributed by atoms with Gasteiger partial charge in [0, 0.05) is 5.39 Å². The van der Waals surface area contributed by atoms with Gasteiger partial charge in [-0.2, -0.15) is 0 Å². The maximum absolute atomic E-state index is 13.3. The molecule has 1 atom stereocenters. The van der Waals surface area contributed by atoms with Gasteiger partial charge in [0.25, 0.3) is 0 Å². The third-order valence-electron chi connectivity index (χ3n) is 4.92. The van der Waals surface area contributed by atoms with Gasteiger partial charge in [-0.25, -0.2) is 9.82 Å². The molecule has 1 aliphatic rings. The number of rotatable bonds is 4. The Morgan fingerprint density at radius 2 is 2.05 bits per heavy atom. The van der Waals surface area contributed by atoms with Crippen molar-refractivity contribution >= 4 is 11.0 Å². The molecule has 1 aromatic carbocycles. The predicted octanol–water partition coefficient (Wildman–Crippen LogP) is 4.29. The first kappa shape index (κ1) is 14.5. The summed E-state index contributed by atoms with van der Waals surface area (Å²) in [5, 5.41) is 0.799. The maximum Gasteiger partial charge on any atom is 0.134 e. The maximum atomic E-state index is 13.3. The zero-order valence-corrected chi connectivity index (χ0v) is 12.4. The van der Waals surface area contributed by atoms with Crippen LogP contribution in [0.5, 0.6) is 0 Å². The van der Waals surface area contributed by atoms with Crippen molar-refractivity contribution in [2.45, 2.75) is 45.1 Å². The van der Waals surface area contributed by atoms with Crippen LogP contribution in [0.4, 0.5) is 4.39 Å². The van der Waals surface area contributed by atoms with E-state index in [1.54, 1.807) is 6.07 Å². The first-order valence-corrected chi connectivity index (χ1v) is 7.86. The van der Waals surface area contributed by atoms with Gasteiger partial charge in [-0.15, -0.1) is 0 Å². The lowest BCUT2D eigenvalue weighted by Gasteiger charge is -2.32. The van der Waals surface area contributed by atoms with E-state index in [-0.39, 0.29) is 11.9 Å². The normalized spacial score (nSPS) is 24.3. The summed E-state index contributed by atoms with van der Waals surface area (Å²) in [6.07, 6.45) is 6.11. The van der Waals surface area contributed by atoms with Gasteiger partial charge >= 0.3 is 0 Å². The second kappa shape index (κ2) is 6.16. The lowest BCUT2D eigenvalue weighted by molar-refractivity contribution is 0.205. The molecule has 21 heavy (non-hydrogen) atoms. The lowest BCUT2D eigenvalue weighted by Crippen LogP contribution is -2.35. The molecular formula is C17H23FN2O. The van der Waals surface area contributed by atoms with Crippen LogP contribution in [0.25, 0.3) is 11.0 Å². The van der Waals surface area contributed by atoms with Gasteiger partial charge in [-0.1, -0.05) is 26.2 Å². The van der Waals surface area contributed by atoms with E-state index >= 15 is 0 Å². The zero-order valence-electron chi connectivity index (χ0n) is 12.4. The Morgan fingerprint density at radius 3 is 2.71 bits per heavy atom. The molecule has 4 heteroatoms. The van der Waals surface area contributed by atoms with Crippen LogP contribution in [0.3, 0.4) is 0 Å². The van der Waals surface area contributed by atoms with Crippen LogP contribution in [-0.4, -0.2) is 0 Å². The average molecular weight is 290 g/mol. The summed E-state index contributed by atoms with van der Waals surface area (Å²) in [5.74, 6) is 7.69. The first-order valence-electron chi connectivity index (χ1n) is 7.86. The number of hydrazine groups is 1. The second-order valence-corrected chi connectivity index (χ2v) is 6.16. The topological polar surface area (TPSA) is 51.2 Å². The molecule has 3 N–H and O–H groups in total. The SMILES string of the molecule is CCC1CCC(C(NN)c2cc3cc(F)ccc3o2)CC1. The van der Waals surface area contributed by atoms with Crippen molar-refractivity contribution in [1.29, 1.82) is 0 Å². The van der Waals surface area contributed by atoms with Crippen LogP contribution in [0.15, 0.2) is 28.7 Å². The number of halogens is 1. The Bertz CT molecular complexity index is 602. The number of nitrogens with one attached hydrogen (secondary N) is 1. The van der Waals surface area contributed by atoms with E-state index in [0.717, 1.165) is 17.1 Å². The van der Waals surface area contributed by atoms with Gasteiger partial charge in [0.15, 0.2) is 0 Å². The van der Waals surface area contributed by atoms with E-state index in [1.807, 2.05) is 6.07 Å². The molecule has 1 aromatic heterocycles. The Morgan fingerprint density at radius 1 is 1.29 bits per heavy atom. The number of hydrogen-bond donors (Lipinski definition) is 2. The molecule has 2 aromatic rings. The summed E-state index contributed by atoms with van der Waals surface area (Å²) in [4.78, 5) is 0. The molecule has 0 saturated heterocycles. The summed E-state index contributed by atoms with van der Waals surface area (Å²) >= 11 is 0. The van der Waals surface area contributed by atoms with Crippen molar-refractivity contribution in [3.8, 4) is 0 Å². The van der Waals surface area contributed by atoms with Gasteiger partial charge in [-0.05, 0) is 48.9 Å². The molecule has 1 saturated carbocycles. The fourth-order valence-corrected chi connectivity index (χ4v) is 3.57. The van der Waals surface area contributed by atoms with E-state index in [1.165, 1.54) is 44.2 Å². The fourth-order valence-electron chi connectivity index (χ4n) is 3.57. The van der Waals surface area contributed by atoms with E-state index in [4.69, 9.17) is 10.3 Å². The Labute approximate surface area is 124 Å². The number of hydrogen-bond acceptors (Lipinski definition) is 3. The number of furan rings is 1. The summed E-state index contributed by atoms with van der Waals surface area (Å²) in [6, 6.07) is 6.53. The van der Waals surface area contributed by atoms with E-state index in [0.29, 0.717) is 11.5 Å². The quantitative estimate of drug-likeness (QED) is 0.652. The van der Waals surface area contributed by atoms with Gasteiger partial charge in [0.2, 0.25) is 0 Å². The van der Waals surface area contributed by atoms with Crippen LogP contribution < -0.4 is 11.3 Å². The molecule has 0 amide bonds. The number of nitrogens with two attached hydrogens (primary N) is 1. The molecule has 1 unspecified atom stereocenters. The zero-order chi connectivity index (χ0) is 14.8. The van der Waals surface area contributed by atoms with Crippen LogP contribution in [0.2, 0.25) is 0 Å². The standard InChI is InChI=1S/C17H23FN2O/c1-2-11-3-5-12(6-4-11)17(20-19)16-10-13-9-14(18)7-8-15(13)21-16/h7-12,17,20H,2-6,19H2,1H3. The second-order valence-electron chi connectivity index (χ2n) is 6.16. The van der Waals surface area contributed by atoms with Crippen LogP contribution >= 0.6 is 0 Å². The van der Waals surface area contributed by atoms with Gasteiger partial charge in [-0.3, -0.25) is 5.84 Å². The van der Waals surface area contributed by atoms with Crippen molar-refractivity contribution in [3.63, 3.8) is 0 Å². The third-order valence-corrected chi connectivity index (χ3v) is 4.92. The molecule has 114 valence electrons. The van der Waals surface area contributed by atoms with Gasteiger partial charge in [0.1, 0.15) is 17.2 Å². The monoisotopic (exact) mass is 290 g/mol. The Hall–Kier alpha value is -1.39. The summed E-state index contributed by atoms with van der Waals surface area (Å²) < 4.78 is 19.2. The largest absolute Gasteiger partial charge is 0.459 e. The number of fused-ring (bicyclic) bond motifs is 1. The highest BCUT2D eigenvalue weighted by Gasteiger charge is 2.29. The molecule has 0 aliphatic heterocycles. The molecule has 0 radical (unpaired) electrons. The lowest BCUT2D eigenvalue weighted by atomic mass is 9.77. The molecular weight excluding hydrogens is 267 g/mol. The van der Waals surface area contributed by atoms with Crippen LogP contribution in [0, 0.1) is 17.7 Å². The van der Waals surface area contributed by atoms with E-state index < -0.39 is 0 Å². The van der Waals surface area contributed by atoms with E-state index in [9.17, 15) is 4.39 Å². The molecule has 0 spiro atoms. The average Bonchev–Trinajstić information content (AvgIpc) is 2.91. The minimum absolute atomic E-state index is 0.0123. The molecule has 3 nitrogen and oxygen atoms in total. The van der Waals surface area contributed by atoms with Crippen molar-refractivity contribution in [2.24, 2.45) is 17.7 Å². The van der Waals surface area contributed by atoms with E-state index in [2.05, 4.69) is 12.3 Å². The van der Waals surface area contributed by atoms with Crippen molar-refractivity contribution < 1.29 is 8.81 Å². The molecule has 3 rings (SSSR count). The molecule has 1 aliphatic carbocycles. The highest BCUT2D eigenvalue weighted by atomic mass is 19.1. The number of benzene rings is 1. The molecule has 1 fully saturated rings. The highest BCUT2D eigenvalue weighted by Crippen LogP contribution is 2.39. The Balaban J connectivity index is 1.81. The minimum atomic E-state index is -0.240. The highest BCUT2D eigenvalue weighted by molar-refractivity contribution is 5.78. The van der Waals surface area contributed by atoms with Crippen molar-refractivity contribution in [1.82, 2.24) is 5.43 Å². The Kier molecular flexibility index (Phi) is 4.27. The first-order chi connectivity index (χ1) is 10.2. The smallest absolute Gasteiger partial charge is 0.134 e. The minimum Gasteiger partial charge on any atom is -0.459 e. The molecule has 0 bridgehead atoms. The summed E-state index contributed by atoms with van der Waals surface area (Å²) in [6.45, 7) is 2.26. The van der Waals surface area contributed by atoms with Crippen LogP contribution in [-0.2, 0) is 0 Å². The predicted molar refractivity (Wildman–Crippen MR) is 82.0 cm³/mol. The third kappa shape index (κ3) is 2.97. The van der Waals surface area contributed by atoms with Gasteiger partial charge < -0.3 is 4.42 Å². The molecule has 1 heterocycles. The summed E-state index contributed by atoms with van der Waals surface area (Å²) in [7, 11) is 0. The van der Waals surface area contributed by atoms with Gasteiger partial charge in [0.05, 0.1) is 6.04 Å².